The van der Waals surface area contributed by atoms with E-state index in [1.54, 1.807) is 41.2 Å². The minimum absolute atomic E-state index is 0.0582. The second kappa shape index (κ2) is 7.32. The van der Waals surface area contributed by atoms with Crippen LogP contribution in [0.25, 0.3) is 22.0 Å². The first-order chi connectivity index (χ1) is 13.5. The van der Waals surface area contributed by atoms with Crippen molar-refractivity contribution < 1.29 is 13.9 Å². The Bertz CT molecular complexity index is 1180. The molecule has 0 aliphatic carbocycles. The van der Waals surface area contributed by atoms with Gasteiger partial charge in [0.05, 0.1) is 22.4 Å². The molecule has 4 aromatic rings. The summed E-state index contributed by atoms with van der Waals surface area (Å²) in [6.45, 7) is 0. The van der Waals surface area contributed by atoms with E-state index in [4.69, 9.17) is 16.3 Å². The highest BCUT2D eigenvalue weighted by Crippen LogP contribution is 2.34. The molecule has 3 aromatic carbocycles. The van der Waals surface area contributed by atoms with Crippen molar-refractivity contribution in [3.8, 4) is 16.9 Å². The third-order valence-electron chi connectivity index (χ3n) is 4.30. The molecule has 0 atom stereocenters. The fraction of sp³-hybridized carbons (Fsp3) is 0.0476. The third-order valence-corrected chi connectivity index (χ3v) is 4.62. The minimum Gasteiger partial charge on any atom is -0.410 e. The van der Waals surface area contributed by atoms with E-state index < -0.39 is 11.9 Å². The molecule has 4 rings (SSSR count). The second-order valence-electron chi connectivity index (χ2n) is 6.18. The first kappa shape index (κ1) is 18.0. The van der Waals surface area contributed by atoms with Crippen molar-refractivity contribution in [2.24, 2.45) is 7.05 Å². The second-order valence-corrected chi connectivity index (χ2v) is 6.59. The quantitative estimate of drug-likeness (QED) is 0.488. The minimum atomic E-state index is -0.800. The summed E-state index contributed by atoms with van der Waals surface area (Å²) in [7, 11) is 1.85. The van der Waals surface area contributed by atoms with Crippen LogP contribution in [-0.4, -0.2) is 15.9 Å². The highest BCUT2D eigenvalue weighted by atomic mass is 35.5. The smallest absolute Gasteiger partial charge is 0.410 e. The van der Waals surface area contributed by atoms with Crippen molar-refractivity contribution in [3.05, 3.63) is 77.7 Å². The lowest BCUT2D eigenvalue weighted by Crippen LogP contribution is -2.17. The van der Waals surface area contributed by atoms with Crippen molar-refractivity contribution in [2.75, 3.05) is 5.32 Å². The third kappa shape index (κ3) is 3.54. The fourth-order valence-corrected chi connectivity index (χ4v) is 3.20. The van der Waals surface area contributed by atoms with Crippen LogP contribution in [0.1, 0.15) is 0 Å². The zero-order chi connectivity index (χ0) is 19.7. The lowest BCUT2D eigenvalue weighted by atomic mass is 10.0. The Morgan fingerprint density at radius 3 is 2.71 bits per heavy atom. The summed E-state index contributed by atoms with van der Waals surface area (Å²) < 4.78 is 21.5. The monoisotopic (exact) mass is 395 g/mol. The molecule has 0 radical (unpaired) electrons. The Morgan fingerprint density at radius 2 is 1.93 bits per heavy atom. The highest BCUT2D eigenvalue weighted by Gasteiger charge is 2.14. The van der Waals surface area contributed by atoms with E-state index >= 15 is 0 Å². The Hall–Kier alpha value is -3.38. The molecule has 28 heavy (non-hydrogen) atoms. The van der Waals surface area contributed by atoms with Crippen molar-refractivity contribution in [3.63, 3.8) is 0 Å². The Morgan fingerprint density at radius 1 is 1.14 bits per heavy atom. The van der Waals surface area contributed by atoms with E-state index in [9.17, 15) is 9.18 Å². The molecule has 1 N–H and O–H groups in total. The zero-order valence-electron chi connectivity index (χ0n) is 14.8. The molecule has 0 aliphatic heterocycles. The van der Waals surface area contributed by atoms with E-state index in [1.165, 1.54) is 12.1 Å². The molecule has 7 heteroatoms. The predicted octanol–water partition coefficient (Wildman–Crippen LogP) is 5.64. The van der Waals surface area contributed by atoms with Gasteiger partial charge >= 0.3 is 6.09 Å². The molecule has 140 valence electrons. The molecule has 0 saturated carbocycles. The maximum atomic E-state index is 14.6. The molecule has 1 heterocycles. The van der Waals surface area contributed by atoms with E-state index in [1.807, 2.05) is 25.2 Å². The van der Waals surface area contributed by atoms with Crippen LogP contribution < -0.4 is 10.1 Å². The SMILES string of the molecule is Cn1ncc2cc(-c3cc(F)c(NC(=O)Oc4ccccc4)cc3Cl)ccc21. The van der Waals surface area contributed by atoms with Gasteiger partial charge in [-0.15, -0.1) is 0 Å². The number of aromatic nitrogens is 2. The summed E-state index contributed by atoms with van der Waals surface area (Å²) in [5.74, 6) is -0.261. The van der Waals surface area contributed by atoms with Crippen LogP contribution >= 0.6 is 11.6 Å². The van der Waals surface area contributed by atoms with E-state index in [0.29, 0.717) is 16.3 Å². The first-order valence-corrected chi connectivity index (χ1v) is 8.84. The zero-order valence-corrected chi connectivity index (χ0v) is 15.6. The standard InChI is InChI=1S/C21H15ClFN3O2/c1-26-20-8-7-13(9-14(20)12-24-26)16-10-18(23)19(11-17(16)22)25-21(27)28-15-5-3-2-4-6-15/h2-12H,1H3,(H,25,27). The van der Waals surface area contributed by atoms with Crippen molar-refractivity contribution >= 4 is 34.3 Å². The first-order valence-electron chi connectivity index (χ1n) is 8.46. The lowest BCUT2D eigenvalue weighted by Gasteiger charge is -2.11. The van der Waals surface area contributed by atoms with Crippen LogP contribution in [0.15, 0.2) is 66.9 Å². The van der Waals surface area contributed by atoms with E-state index in [2.05, 4.69) is 10.4 Å². The van der Waals surface area contributed by atoms with Crippen LogP contribution in [0.5, 0.6) is 5.75 Å². The average molecular weight is 396 g/mol. The van der Waals surface area contributed by atoms with Crippen LogP contribution in [0.4, 0.5) is 14.9 Å². The summed E-state index contributed by atoms with van der Waals surface area (Å²) in [4.78, 5) is 12.0. The number of aryl methyl sites for hydroxylation is 1. The molecule has 0 unspecified atom stereocenters. The molecule has 5 nitrogen and oxygen atoms in total. The van der Waals surface area contributed by atoms with E-state index in [0.717, 1.165) is 16.5 Å². The predicted molar refractivity (Wildman–Crippen MR) is 107 cm³/mol. The molecule has 0 fully saturated rings. The van der Waals surface area contributed by atoms with E-state index in [-0.39, 0.29) is 5.69 Å². The number of nitrogens with zero attached hydrogens (tertiary/aromatic N) is 2. The number of amides is 1. The molecule has 0 spiro atoms. The van der Waals surface area contributed by atoms with Crippen LogP contribution in [0.2, 0.25) is 5.02 Å². The number of para-hydroxylation sites is 1. The molecule has 0 saturated heterocycles. The number of carbonyl (C=O) groups excluding carboxylic acids is 1. The number of rotatable bonds is 3. The van der Waals surface area contributed by atoms with Gasteiger partial charge in [-0.2, -0.15) is 5.10 Å². The number of benzene rings is 3. The summed E-state index contributed by atoms with van der Waals surface area (Å²) in [6.07, 6.45) is 0.934. The van der Waals surface area contributed by atoms with Gasteiger partial charge in [-0.05, 0) is 42.0 Å². The molecule has 1 amide bonds. The van der Waals surface area contributed by atoms with Crippen molar-refractivity contribution in [1.82, 2.24) is 9.78 Å². The largest absolute Gasteiger partial charge is 0.417 e. The van der Waals surface area contributed by atoms with Gasteiger partial charge in [0.25, 0.3) is 0 Å². The summed E-state index contributed by atoms with van der Waals surface area (Å²) in [5, 5.41) is 7.80. The van der Waals surface area contributed by atoms with Gasteiger partial charge in [-0.25, -0.2) is 9.18 Å². The average Bonchev–Trinajstić information content (AvgIpc) is 3.05. The molecular weight excluding hydrogens is 381 g/mol. The Kier molecular flexibility index (Phi) is 4.71. The van der Waals surface area contributed by atoms with Crippen LogP contribution in [-0.2, 0) is 7.05 Å². The molecular formula is C21H15ClFN3O2. The summed E-state index contributed by atoms with van der Waals surface area (Å²) in [5.41, 5.74) is 2.18. The lowest BCUT2D eigenvalue weighted by molar-refractivity contribution is 0.215. The number of anilines is 1. The van der Waals surface area contributed by atoms with Crippen LogP contribution in [0, 0.1) is 5.82 Å². The number of hydrogen-bond donors (Lipinski definition) is 1. The molecule has 0 bridgehead atoms. The van der Waals surface area contributed by atoms with Gasteiger partial charge in [0, 0.05) is 18.0 Å². The fourth-order valence-electron chi connectivity index (χ4n) is 2.93. The van der Waals surface area contributed by atoms with Gasteiger partial charge in [0.1, 0.15) is 11.6 Å². The Balaban J connectivity index is 1.59. The molecule has 1 aromatic heterocycles. The van der Waals surface area contributed by atoms with Gasteiger partial charge in [0.2, 0.25) is 0 Å². The number of halogens is 2. The van der Waals surface area contributed by atoms with Gasteiger partial charge in [-0.1, -0.05) is 35.9 Å². The van der Waals surface area contributed by atoms with Crippen molar-refractivity contribution in [1.29, 1.82) is 0 Å². The number of fused-ring (bicyclic) bond motifs is 1. The van der Waals surface area contributed by atoms with Gasteiger partial charge in [0.15, 0.2) is 0 Å². The number of nitrogens with one attached hydrogen (secondary N) is 1. The van der Waals surface area contributed by atoms with Gasteiger partial charge in [-0.3, -0.25) is 10.00 Å². The topological polar surface area (TPSA) is 56.2 Å². The summed E-state index contributed by atoms with van der Waals surface area (Å²) >= 11 is 6.36. The normalized spacial score (nSPS) is 10.8. The highest BCUT2D eigenvalue weighted by molar-refractivity contribution is 6.33. The Labute approximate surface area is 165 Å². The number of carbonyl (C=O) groups is 1. The maximum Gasteiger partial charge on any atom is 0.417 e. The molecule has 0 aliphatic rings. The van der Waals surface area contributed by atoms with Gasteiger partial charge < -0.3 is 4.74 Å². The van der Waals surface area contributed by atoms with Crippen LogP contribution in [0.3, 0.4) is 0 Å². The number of hydrogen-bond acceptors (Lipinski definition) is 3. The maximum absolute atomic E-state index is 14.6. The number of ether oxygens (including phenoxy) is 1. The van der Waals surface area contributed by atoms with Crippen molar-refractivity contribution in [2.45, 2.75) is 0 Å². The summed E-state index contributed by atoms with van der Waals surface area (Å²) in [6, 6.07) is 16.8.